The molecule has 2 aromatic rings. The van der Waals surface area contributed by atoms with E-state index in [4.69, 9.17) is 4.74 Å². The predicted molar refractivity (Wildman–Crippen MR) is 83.0 cm³/mol. The molecule has 2 aromatic heterocycles. The van der Waals surface area contributed by atoms with Crippen molar-refractivity contribution in [3.63, 3.8) is 0 Å². The Labute approximate surface area is 132 Å². The van der Waals surface area contributed by atoms with E-state index < -0.39 is 0 Å². The first-order chi connectivity index (χ1) is 10.7. The first-order valence-electron chi connectivity index (χ1n) is 7.23. The molecule has 1 amide bonds. The lowest BCUT2D eigenvalue weighted by Gasteiger charge is -2.47. The summed E-state index contributed by atoms with van der Waals surface area (Å²) in [5.41, 5.74) is 0.556. The van der Waals surface area contributed by atoms with Crippen LogP contribution in [0.15, 0.2) is 36.8 Å². The van der Waals surface area contributed by atoms with Gasteiger partial charge in [-0.3, -0.25) is 14.9 Å². The monoisotopic (exact) mass is 316 g/mol. The molecular formula is C15H16N4O2S. The number of nitrogens with one attached hydrogen (secondary N) is 1. The zero-order valence-electron chi connectivity index (χ0n) is 11.9. The number of carbonyl (C=O) groups excluding carboxylic acids is 1. The molecule has 0 saturated carbocycles. The zero-order chi connectivity index (χ0) is 15.0. The van der Waals surface area contributed by atoms with Crippen molar-refractivity contribution in [3.8, 4) is 5.75 Å². The number of ether oxygens (including phenoxy) is 1. The van der Waals surface area contributed by atoms with Gasteiger partial charge in [-0.15, -0.1) is 11.8 Å². The van der Waals surface area contributed by atoms with E-state index in [1.54, 1.807) is 24.7 Å². The maximum absolute atomic E-state index is 12.2. The summed E-state index contributed by atoms with van der Waals surface area (Å²) in [5, 5.41) is 6.56. The van der Waals surface area contributed by atoms with E-state index >= 15 is 0 Å². The quantitative estimate of drug-likeness (QED) is 0.931. The minimum atomic E-state index is 0.0281. The molecule has 1 spiro atoms. The Morgan fingerprint density at radius 3 is 3.05 bits per heavy atom. The van der Waals surface area contributed by atoms with Crippen molar-refractivity contribution < 1.29 is 9.53 Å². The minimum Gasteiger partial charge on any atom is -0.488 e. The van der Waals surface area contributed by atoms with Gasteiger partial charge in [-0.05, 0) is 18.2 Å². The molecule has 4 rings (SSSR count). The second-order valence-corrected chi connectivity index (χ2v) is 7.25. The lowest BCUT2D eigenvalue weighted by Crippen LogP contribution is -2.60. The topological polar surface area (TPSA) is 71.1 Å². The number of thioether (sulfide) groups is 1. The third kappa shape index (κ3) is 2.45. The van der Waals surface area contributed by atoms with E-state index in [1.807, 2.05) is 28.8 Å². The number of H-pyrrole nitrogens is 1. The van der Waals surface area contributed by atoms with Gasteiger partial charge in [0.15, 0.2) is 0 Å². The number of amides is 1. The van der Waals surface area contributed by atoms with E-state index in [0.717, 1.165) is 31.0 Å². The number of nitrogens with zero attached hydrogens (tertiary/aromatic N) is 3. The van der Waals surface area contributed by atoms with Gasteiger partial charge in [-0.25, -0.2) is 0 Å². The number of aromatic amines is 1. The standard InChI is InChI=1S/C15H16N4O2S/c20-14(13-3-5-17-18-13)19-9-15(10-19)6-12(8-22-15)21-11-2-1-4-16-7-11/h1-5,7,12H,6,8-10H2,(H,17,18). The van der Waals surface area contributed by atoms with Crippen LogP contribution in [0.3, 0.4) is 0 Å². The van der Waals surface area contributed by atoms with Crippen LogP contribution in [0.5, 0.6) is 5.75 Å². The van der Waals surface area contributed by atoms with Crippen LogP contribution < -0.4 is 4.74 Å². The van der Waals surface area contributed by atoms with Crippen LogP contribution in [-0.4, -0.2) is 55.7 Å². The second-order valence-electron chi connectivity index (χ2n) is 5.76. The molecule has 114 valence electrons. The van der Waals surface area contributed by atoms with E-state index in [1.165, 1.54) is 0 Å². The van der Waals surface area contributed by atoms with Crippen LogP contribution in [0.4, 0.5) is 0 Å². The van der Waals surface area contributed by atoms with Crippen LogP contribution in [0.25, 0.3) is 0 Å². The highest BCUT2D eigenvalue weighted by molar-refractivity contribution is 8.01. The summed E-state index contributed by atoms with van der Waals surface area (Å²) in [5.74, 6) is 1.80. The Hall–Kier alpha value is -2.02. The third-order valence-electron chi connectivity index (χ3n) is 4.09. The SMILES string of the molecule is O=C(c1ccn[nH]1)N1CC2(CC(Oc3cccnc3)CS2)C1. The number of aromatic nitrogens is 3. The van der Waals surface area contributed by atoms with Crippen LogP contribution in [0, 0.1) is 0 Å². The summed E-state index contributed by atoms with van der Waals surface area (Å²) in [4.78, 5) is 18.1. The molecule has 22 heavy (non-hydrogen) atoms. The fourth-order valence-corrected chi connectivity index (χ4v) is 4.57. The molecule has 1 N–H and O–H groups in total. The van der Waals surface area contributed by atoms with Crippen LogP contribution in [-0.2, 0) is 0 Å². The average Bonchev–Trinajstić information content (AvgIpc) is 3.16. The smallest absolute Gasteiger partial charge is 0.271 e. The maximum Gasteiger partial charge on any atom is 0.271 e. The Kier molecular flexibility index (Phi) is 3.29. The normalized spacial score (nSPS) is 22.5. The number of carbonyl (C=O) groups is 1. The third-order valence-corrected chi connectivity index (χ3v) is 5.66. The molecule has 1 atom stereocenters. The van der Waals surface area contributed by atoms with Gasteiger partial charge in [0.1, 0.15) is 17.5 Å². The number of pyridine rings is 1. The van der Waals surface area contributed by atoms with Crippen molar-refractivity contribution in [1.29, 1.82) is 0 Å². The summed E-state index contributed by atoms with van der Waals surface area (Å²) in [6, 6.07) is 5.52. The first-order valence-corrected chi connectivity index (χ1v) is 8.22. The van der Waals surface area contributed by atoms with Crippen molar-refractivity contribution >= 4 is 17.7 Å². The highest BCUT2D eigenvalue weighted by Gasteiger charge is 2.51. The number of rotatable bonds is 3. The van der Waals surface area contributed by atoms with Crippen molar-refractivity contribution in [2.24, 2.45) is 0 Å². The molecule has 7 heteroatoms. The van der Waals surface area contributed by atoms with Crippen molar-refractivity contribution in [2.75, 3.05) is 18.8 Å². The van der Waals surface area contributed by atoms with E-state index in [2.05, 4.69) is 15.2 Å². The van der Waals surface area contributed by atoms with Crippen LogP contribution >= 0.6 is 11.8 Å². The molecule has 2 fully saturated rings. The van der Waals surface area contributed by atoms with E-state index in [-0.39, 0.29) is 16.8 Å². The zero-order valence-corrected chi connectivity index (χ0v) is 12.8. The largest absolute Gasteiger partial charge is 0.488 e. The Balaban J connectivity index is 1.33. The lowest BCUT2D eigenvalue weighted by atomic mass is 9.92. The number of likely N-dealkylation sites (tertiary alicyclic amines) is 1. The molecule has 0 radical (unpaired) electrons. The van der Waals surface area contributed by atoms with E-state index in [9.17, 15) is 4.79 Å². The number of hydrogen-bond donors (Lipinski definition) is 1. The Morgan fingerprint density at radius 1 is 1.41 bits per heavy atom. The maximum atomic E-state index is 12.2. The second kappa shape index (κ2) is 5.31. The summed E-state index contributed by atoms with van der Waals surface area (Å²) in [6.45, 7) is 1.56. The van der Waals surface area contributed by atoms with E-state index in [0.29, 0.717) is 5.69 Å². The summed E-state index contributed by atoms with van der Waals surface area (Å²) in [6.07, 6.45) is 6.25. The molecular weight excluding hydrogens is 300 g/mol. The first kappa shape index (κ1) is 13.6. The summed E-state index contributed by atoms with van der Waals surface area (Å²) < 4.78 is 6.13. The minimum absolute atomic E-state index is 0.0281. The molecule has 2 aliphatic rings. The molecule has 0 aromatic carbocycles. The fraction of sp³-hybridized carbons (Fsp3) is 0.400. The number of hydrogen-bond acceptors (Lipinski definition) is 5. The molecule has 0 aliphatic carbocycles. The van der Waals surface area contributed by atoms with Gasteiger partial charge in [0.25, 0.3) is 5.91 Å². The highest BCUT2D eigenvalue weighted by atomic mass is 32.2. The highest BCUT2D eigenvalue weighted by Crippen LogP contribution is 2.46. The molecule has 2 aliphatic heterocycles. The van der Waals surface area contributed by atoms with Crippen LogP contribution in [0.1, 0.15) is 16.9 Å². The van der Waals surface area contributed by atoms with Crippen molar-refractivity contribution in [3.05, 3.63) is 42.5 Å². The molecule has 4 heterocycles. The van der Waals surface area contributed by atoms with Crippen molar-refractivity contribution in [1.82, 2.24) is 20.1 Å². The molecule has 6 nitrogen and oxygen atoms in total. The van der Waals surface area contributed by atoms with Gasteiger partial charge in [0.05, 0.1) is 10.9 Å². The van der Waals surface area contributed by atoms with Gasteiger partial charge in [-0.2, -0.15) is 5.10 Å². The van der Waals surface area contributed by atoms with Gasteiger partial charge in [0, 0.05) is 37.7 Å². The fourth-order valence-electron chi connectivity index (χ4n) is 3.05. The van der Waals surface area contributed by atoms with Gasteiger partial charge in [0.2, 0.25) is 0 Å². The van der Waals surface area contributed by atoms with Gasteiger partial charge >= 0.3 is 0 Å². The Morgan fingerprint density at radius 2 is 2.32 bits per heavy atom. The average molecular weight is 316 g/mol. The van der Waals surface area contributed by atoms with Crippen LogP contribution in [0.2, 0.25) is 0 Å². The molecule has 2 saturated heterocycles. The van der Waals surface area contributed by atoms with Crippen molar-refractivity contribution in [2.45, 2.75) is 17.3 Å². The molecule has 0 bridgehead atoms. The van der Waals surface area contributed by atoms with Gasteiger partial charge in [-0.1, -0.05) is 0 Å². The predicted octanol–water partition coefficient (Wildman–Crippen LogP) is 1.58. The summed E-state index contributed by atoms with van der Waals surface area (Å²) >= 11 is 1.91. The summed E-state index contributed by atoms with van der Waals surface area (Å²) in [7, 11) is 0. The Bertz CT molecular complexity index is 655. The van der Waals surface area contributed by atoms with Gasteiger partial charge < -0.3 is 9.64 Å². The molecule has 1 unspecified atom stereocenters. The lowest BCUT2D eigenvalue weighted by molar-refractivity contribution is 0.0512.